The van der Waals surface area contributed by atoms with E-state index in [1.807, 2.05) is 24.3 Å². The second-order valence-electron chi connectivity index (χ2n) is 6.13. The van der Waals surface area contributed by atoms with Crippen LogP contribution in [0.5, 0.6) is 0 Å². The van der Waals surface area contributed by atoms with Crippen LogP contribution in [0.3, 0.4) is 0 Å². The Balaban J connectivity index is 0.000000596. The van der Waals surface area contributed by atoms with Crippen LogP contribution < -0.4 is 0 Å². The van der Waals surface area contributed by atoms with E-state index in [0.29, 0.717) is 18.3 Å². The van der Waals surface area contributed by atoms with Crippen LogP contribution in [-0.2, 0) is 27.3 Å². The Bertz CT molecular complexity index is 680. The number of aromatic nitrogens is 2. The predicted octanol–water partition coefficient (Wildman–Crippen LogP) is 4.20. The number of alkyl halides is 1. The van der Waals surface area contributed by atoms with E-state index in [4.69, 9.17) is 23.9 Å². The average molecular weight is 441 g/mol. The monoisotopic (exact) mass is 440 g/mol. The van der Waals surface area contributed by atoms with Crippen LogP contribution in [0.25, 0.3) is 11.4 Å². The summed E-state index contributed by atoms with van der Waals surface area (Å²) >= 11 is 3.40. The van der Waals surface area contributed by atoms with Gasteiger partial charge in [-0.25, -0.2) is 0 Å². The summed E-state index contributed by atoms with van der Waals surface area (Å²) < 4.78 is 16.6. The molecule has 0 saturated carbocycles. The normalized spacial score (nSPS) is 16.4. The summed E-state index contributed by atoms with van der Waals surface area (Å²) in [6, 6.07) is 8.07. The molecule has 1 atom stereocenters. The Hall–Kier alpha value is -1.77. The Labute approximate surface area is 167 Å². The van der Waals surface area contributed by atoms with Crippen LogP contribution in [0, 0.1) is 0 Å². The van der Waals surface area contributed by atoms with Gasteiger partial charge in [-0.3, -0.25) is 4.79 Å². The highest BCUT2D eigenvalue weighted by Gasteiger charge is 2.14. The second-order valence-corrected chi connectivity index (χ2v) is 6.92. The van der Waals surface area contributed by atoms with E-state index in [-0.39, 0.29) is 6.29 Å². The minimum atomic E-state index is -0.833. The first-order valence-electron chi connectivity index (χ1n) is 8.99. The molecule has 1 N–H and O–H groups in total. The van der Waals surface area contributed by atoms with Crippen LogP contribution in [0.2, 0.25) is 0 Å². The number of carbonyl (C=O) groups is 1. The zero-order chi connectivity index (χ0) is 19.5. The number of nitrogens with zero attached hydrogens (tertiary/aromatic N) is 2. The summed E-state index contributed by atoms with van der Waals surface area (Å²) in [6.45, 7) is 2.45. The maximum Gasteiger partial charge on any atom is 0.300 e. The zero-order valence-electron chi connectivity index (χ0n) is 15.4. The smallest absolute Gasteiger partial charge is 0.300 e. The molecule has 0 spiro atoms. The molecule has 0 bridgehead atoms. The number of hydrogen-bond donors (Lipinski definition) is 1. The van der Waals surface area contributed by atoms with Crippen molar-refractivity contribution in [1.82, 2.24) is 10.1 Å². The molecule has 27 heavy (non-hydrogen) atoms. The van der Waals surface area contributed by atoms with Crippen molar-refractivity contribution in [2.75, 3.05) is 11.9 Å². The molecule has 8 heteroatoms. The molecule has 7 nitrogen and oxygen atoms in total. The van der Waals surface area contributed by atoms with Crippen molar-refractivity contribution < 1.29 is 23.9 Å². The number of aliphatic carboxylic acids is 1. The van der Waals surface area contributed by atoms with E-state index >= 15 is 0 Å². The van der Waals surface area contributed by atoms with Gasteiger partial charge < -0.3 is 19.1 Å². The highest BCUT2D eigenvalue weighted by molar-refractivity contribution is 9.09. The lowest BCUT2D eigenvalue weighted by molar-refractivity contribution is -0.168. The Morgan fingerprint density at radius 2 is 2.07 bits per heavy atom. The third-order valence-electron chi connectivity index (χ3n) is 3.78. The fourth-order valence-corrected chi connectivity index (χ4v) is 2.75. The third kappa shape index (κ3) is 8.19. The minimum Gasteiger partial charge on any atom is -0.481 e. The van der Waals surface area contributed by atoms with E-state index < -0.39 is 5.97 Å². The molecule has 0 radical (unpaired) electrons. The summed E-state index contributed by atoms with van der Waals surface area (Å²) in [6.07, 6.45) is 5.03. The van der Waals surface area contributed by atoms with Crippen LogP contribution in [0.4, 0.5) is 0 Å². The zero-order valence-corrected chi connectivity index (χ0v) is 17.0. The van der Waals surface area contributed by atoms with E-state index in [0.717, 1.165) is 55.7 Å². The van der Waals surface area contributed by atoms with Crippen molar-refractivity contribution in [2.24, 2.45) is 0 Å². The van der Waals surface area contributed by atoms with Crippen molar-refractivity contribution in [2.45, 2.75) is 51.9 Å². The van der Waals surface area contributed by atoms with E-state index in [1.54, 1.807) is 0 Å². The molecule has 148 valence electrons. The molecule has 1 fully saturated rings. The third-order valence-corrected chi connectivity index (χ3v) is 4.34. The first kappa shape index (κ1) is 21.5. The molecule has 3 rings (SSSR count). The van der Waals surface area contributed by atoms with Gasteiger partial charge in [-0.2, -0.15) is 4.98 Å². The minimum absolute atomic E-state index is 0.0578. The van der Waals surface area contributed by atoms with Crippen molar-refractivity contribution in [3.05, 3.63) is 35.7 Å². The van der Waals surface area contributed by atoms with E-state index in [1.165, 1.54) is 6.42 Å². The van der Waals surface area contributed by atoms with Gasteiger partial charge in [0.15, 0.2) is 6.29 Å². The van der Waals surface area contributed by atoms with Crippen LogP contribution >= 0.6 is 15.9 Å². The molecule has 1 aliphatic heterocycles. The Morgan fingerprint density at radius 1 is 1.33 bits per heavy atom. The second kappa shape index (κ2) is 11.8. The van der Waals surface area contributed by atoms with Gasteiger partial charge in [0, 0.05) is 30.8 Å². The summed E-state index contributed by atoms with van der Waals surface area (Å²) in [5.41, 5.74) is 2.07. The topological polar surface area (TPSA) is 94.7 Å². The Morgan fingerprint density at radius 3 is 2.70 bits per heavy atom. The molecule has 2 heterocycles. The van der Waals surface area contributed by atoms with Crippen LogP contribution in [-0.4, -0.2) is 39.4 Å². The van der Waals surface area contributed by atoms with Gasteiger partial charge in [0.2, 0.25) is 11.7 Å². The predicted molar refractivity (Wildman–Crippen MR) is 104 cm³/mol. The number of carboxylic acids is 1. The molecule has 1 aromatic heterocycles. The molecule has 0 aliphatic carbocycles. The quantitative estimate of drug-likeness (QED) is 0.644. The van der Waals surface area contributed by atoms with Crippen molar-refractivity contribution in [1.29, 1.82) is 0 Å². The first-order valence-corrected chi connectivity index (χ1v) is 10.1. The highest BCUT2D eigenvalue weighted by Crippen LogP contribution is 2.19. The molecule has 0 amide bonds. The molecule has 2 aromatic rings. The molecule has 1 saturated heterocycles. The summed E-state index contributed by atoms with van der Waals surface area (Å²) in [5, 5.41) is 12.4. The van der Waals surface area contributed by atoms with Gasteiger partial charge >= 0.3 is 0 Å². The summed E-state index contributed by atoms with van der Waals surface area (Å²) in [7, 11) is 0. The lowest BCUT2D eigenvalue weighted by atomic mass is 10.1. The summed E-state index contributed by atoms with van der Waals surface area (Å²) in [4.78, 5) is 13.4. The van der Waals surface area contributed by atoms with Crippen LogP contribution in [0.15, 0.2) is 28.8 Å². The lowest BCUT2D eigenvalue weighted by Gasteiger charge is -2.22. The number of carboxylic acid groups (broad SMARTS) is 1. The number of halogens is 1. The number of aryl methyl sites for hydroxylation is 1. The Kier molecular flexibility index (Phi) is 9.44. The van der Waals surface area contributed by atoms with Crippen molar-refractivity contribution in [3.63, 3.8) is 0 Å². The molecule has 1 unspecified atom stereocenters. The highest BCUT2D eigenvalue weighted by atomic mass is 79.9. The van der Waals surface area contributed by atoms with E-state index in [9.17, 15) is 0 Å². The van der Waals surface area contributed by atoms with Gasteiger partial charge in [-0.15, -0.1) is 0 Å². The van der Waals surface area contributed by atoms with Crippen molar-refractivity contribution >= 4 is 21.9 Å². The molecular formula is C19H25BrN2O5. The molecular weight excluding hydrogens is 416 g/mol. The number of rotatable bonds is 7. The van der Waals surface area contributed by atoms with E-state index in [2.05, 4.69) is 26.1 Å². The largest absolute Gasteiger partial charge is 0.481 e. The van der Waals surface area contributed by atoms with Gasteiger partial charge in [0.25, 0.3) is 5.97 Å². The van der Waals surface area contributed by atoms with Crippen molar-refractivity contribution in [3.8, 4) is 11.4 Å². The van der Waals surface area contributed by atoms with Gasteiger partial charge in [-0.05, 0) is 31.2 Å². The number of benzene rings is 1. The molecule has 1 aromatic carbocycles. The van der Waals surface area contributed by atoms with Gasteiger partial charge in [-0.1, -0.05) is 45.4 Å². The fourth-order valence-electron chi connectivity index (χ4n) is 2.47. The lowest BCUT2D eigenvalue weighted by Crippen LogP contribution is -2.21. The average Bonchev–Trinajstić information content (AvgIpc) is 3.14. The van der Waals surface area contributed by atoms with Crippen LogP contribution in [0.1, 0.15) is 44.1 Å². The number of ether oxygens (including phenoxy) is 2. The first-order chi connectivity index (χ1) is 13.1. The fraction of sp³-hybridized carbons (Fsp3) is 0.526. The molecule has 1 aliphatic rings. The SMILES string of the molecule is BrCCCc1nc(-c2ccc(COC3CCCCO3)cc2)no1.CC(=O)O. The van der Waals surface area contributed by atoms with Gasteiger partial charge in [0.05, 0.1) is 6.61 Å². The van der Waals surface area contributed by atoms with Gasteiger partial charge in [0.1, 0.15) is 0 Å². The standard InChI is InChI=1S/C17H21BrN2O3.C2H4O2/c18-10-3-4-15-19-17(20-23-15)14-8-6-13(7-9-14)12-22-16-5-1-2-11-21-16;1-2(3)4/h6-9,16H,1-5,10-12H2;1H3,(H,3,4). The maximum atomic E-state index is 9.00. The summed E-state index contributed by atoms with van der Waals surface area (Å²) in [5.74, 6) is 0.485. The number of hydrogen-bond acceptors (Lipinski definition) is 6. The maximum absolute atomic E-state index is 9.00.